The fourth-order valence-electron chi connectivity index (χ4n) is 2.40. The molecular weight excluding hydrogens is 273 g/mol. The van der Waals surface area contributed by atoms with Crippen molar-refractivity contribution >= 4 is 11.6 Å². The molecule has 0 spiro atoms. The first-order valence-corrected chi connectivity index (χ1v) is 6.62. The smallest absolute Gasteiger partial charge is 0.166 e. The zero-order chi connectivity index (χ0) is 14.0. The predicted molar refractivity (Wildman–Crippen MR) is 69.8 cm³/mol. The maximum atomic E-state index is 12.2. The van der Waals surface area contributed by atoms with Gasteiger partial charge in [0.1, 0.15) is 0 Å². The van der Waals surface area contributed by atoms with Gasteiger partial charge in [-0.3, -0.25) is 0 Å². The molecule has 0 nitrogen and oxygen atoms in total. The minimum Gasteiger partial charge on any atom is -0.166 e. The van der Waals surface area contributed by atoms with Gasteiger partial charge in [0.2, 0.25) is 0 Å². The van der Waals surface area contributed by atoms with Crippen LogP contribution in [0.5, 0.6) is 0 Å². The summed E-state index contributed by atoms with van der Waals surface area (Å²) in [5, 5.41) is -0.0113. The number of halogens is 4. The highest BCUT2D eigenvalue weighted by molar-refractivity contribution is 6.30. The van der Waals surface area contributed by atoms with Gasteiger partial charge in [-0.05, 0) is 55.7 Å². The minimum absolute atomic E-state index is 0.0113. The van der Waals surface area contributed by atoms with Crippen molar-refractivity contribution in [2.75, 3.05) is 0 Å². The second-order valence-electron chi connectivity index (χ2n) is 5.05. The Hall–Kier alpha value is -1.14. The molecule has 1 aromatic rings. The van der Waals surface area contributed by atoms with Crippen molar-refractivity contribution in [1.82, 2.24) is 0 Å². The van der Waals surface area contributed by atoms with Crippen molar-refractivity contribution in [3.05, 3.63) is 34.3 Å². The summed E-state index contributed by atoms with van der Waals surface area (Å²) < 4.78 is 36.5. The highest BCUT2D eigenvalue weighted by atomic mass is 35.5. The summed E-state index contributed by atoms with van der Waals surface area (Å²) in [5.74, 6) is 4.52. The Labute approximate surface area is 116 Å². The van der Waals surface area contributed by atoms with E-state index in [2.05, 4.69) is 5.92 Å². The van der Waals surface area contributed by atoms with Crippen LogP contribution in [0, 0.1) is 24.2 Å². The molecule has 2 fully saturated rings. The lowest BCUT2D eigenvalue weighted by atomic mass is 9.60. The van der Waals surface area contributed by atoms with E-state index in [-0.39, 0.29) is 10.6 Å². The van der Waals surface area contributed by atoms with Crippen molar-refractivity contribution < 1.29 is 13.2 Å². The van der Waals surface area contributed by atoms with E-state index < -0.39 is 11.7 Å². The summed E-state index contributed by atoms with van der Waals surface area (Å²) in [6.45, 7) is 0. The number of hydrogen-bond acceptors (Lipinski definition) is 0. The van der Waals surface area contributed by atoms with E-state index >= 15 is 0 Å². The molecule has 0 heterocycles. The number of fused-ring (bicyclic) bond motifs is 1. The molecule has 1 aromatic carbocycles. The van der Waals surface area contributed by atoms with Crippen LogP contribution in [0.15, 0.2) is 18.2 Å². The fourth-order valence-corrected chi connectivity index (χ4v) is 2.64. The quantitative estimate of drug-likeness (QED) is 0.579. The summed E-state index contributed by atoms with van der Waals surface area (Å²) in [7, 11) is 0. The molecule has 2 saturated carbocycles. The van der Waals surface area contributed by atoms with Gasteiger partial charge in [-0.2, -0.15) is 13.2 Å². The Morgan fingerprint density at radius 1 is 1.05 bits per heavy atom. The van der Waals surface area contributed by atoms with E-state index in [1.807, 2.05) is 0 Å². The second kappa shape index (κ2) is 5.46. The molecule has 102 valence electrons. The van der Waals surface area contributed by atoms with Gasteiger partial charge in [-0.15, -0.1) is 6.42 Å². The van der Waals surface area contributed by atoms with Crippen molar-refractivity contribution in [2.24, 2.45) is 11.8 Å². The number of hydrogen-bond donors (Lipinski definition) is 0. The van der Waals surface area contributed by atoms with Crippen LogP contribution in [0.3, 0.4) is 0 Å². The maximum Gasteiger partial charge on any atom is 0.416 e. The Morgan fingerprint density at radius 2 is 1.58 bits per heavy atom. The van der Waals surface area contributed by atoms with E-state index in [0.717, 1.165) is 12.1 Å². The van der Waals surface area contributed by atoms with Crippen LogP contribution in [0.1, 0.15) is 36.8 Å². The van der Waals surface area contributed by atoms with Gasteiger partial charge in [0.05, 0.1) is 5.56 Å². The third kappa shape index (κ3) is 3.45. The summed E-state index contributed by atoms with van der Waals surface area (Å²) in [4.78, 5) is 0. The van der Waals surface area contributed by atoms with Crippen molar-refractivity contribution in [3.8, 4) is 12.3 Å². The third-order valence-electron chi connectivity index (χ3n) is 3.87. The van der Waals surface area contributed by atoms with Crippen LogP contribution in [-0.2, 0) is 6.18 Å². The van der Waals surface area contributed by atoms with Gasteiger partial charge in [0.15, 0.2) is 0 Å². The Bertz CT molecular complexity index is 481. The van der Waals surface area contributed by atoms with Crippen LogP contribution < -0.4 is 0 Å². The van der Waals surface area contributed by atoms with Crippen molar-refractivity contribution in [1.29, 1.82) is 0 Å². The zero-order valence-corrected chi connectivity index (χ0v) is 11.1. The van der Waals surface area contributed by atoms with Gasteiger partial charge in [-0.1, -0.05) is 17.5 Å². The largest absolute Gasteiger partial charge is 0.416 e. The molecule has 0 aromatic heterocycles. The molecule has 0 amide bonds. The van der Waals surface area contributed by atoms with Gasteiger partial charge >= 0.3 is 6.18 Å². The average Bonchev–Trinajstić information content (AvgIpc) is 2.32. The first-order chi connectivity index (χ1) is 8.90. The first kappa shape index (κ1) is 14.3. The maximum absolute atomic E-state index is 12.2. The van der Waals surface area contributed by atoms with Crippen LogP contribution in [0.25, 0.3) is 0 Å². The van der Waals surface area contributed by atoms with E-state index in [4.69, 9.17) is 18.0 Å². The van der Waals surface area contributed by atoms with E-state index in [0.29, 0.717) is 0 Å². The van der Waals surface area contributed by atoms with Crippen molar-refractivity contribution in [2.45, 2.75) is 31.9 Å². The van der Waals surface area contributed by atoms with E-state index in [9.17, 15) is 13.2 Å². The second-order valence-corrected chi connectivity index (χ2v) is 5.48. The molecule has 2 aliphatic carbocycles. The zero-order valence-electron chi connectivity index (χ0n) is 10.3. The molecule has 2 aliphatic rings. The monoisotopic (exact) mass is 286 g/mol. The summed E-state index contributed by atoms with van der Waals surface area (Å²) in [6, 6.07) is 3.02. The van der Waals surface area contributed by atoms with Gasteiger partial charge in [0.25, 0.3) is 0 Å². The molecule has 4 heteroatoms. The lowest BCUT2D eigenvalue weighted by Gasteiger charge is -2.46. The Balaban J connectivity index is 0.000000180. The number of terminal acetylenes is 1. The summed E-state index contributed by atoms with van der Waals surface area (Å²) in [5.41, 5.74) is -0.701. The summed E-state index contributed by atoms with van der Waals surface area (Å²) in [6.07, 6.45) is 6.79. The van der Waals surface area contributed by atoms with Gasteiger partial charge < -0.3 is 0 Å². The van der Waals surface area contributed by atoms with Gasteiger partial charge in [0, 0.05) is 10.6 Å². The molecular formula is C15H14ClF3. The normalized spacial score (nSPS) is 23.9. The SMILES string of the molecule is C#Cc1cc(Cl)cc(C(F)(F)F)c1.C1CC2CCC12. The molecule has 0 unspecified atom stereocenters. The number of benzene rings is 1. The first-order valence-electron chi connectivity index (χ1n) is 6.24. The predicted octanol–water partition coefficient (Wildman–Crippen LogP) is 5.15. The Kier molecular flexibility index (Phi) is 4.10. The Morgan fingerprint density at radius 3 is 1.89 bits per heavy atom. The molecule has 0 saturated heterocycles. The van der Waals surface area contributed by atoms with Crippen LogP contribution >= 0.6 is 11.6 Å². The molecule has 0 radical (unpaired) electrons. The lowest BCUT2D eigenvalue weighted by Crippen LogP contribution is -2.34. The summed E-state index contributed by atoms with van der Waals surface area (Å²) >= 11 is 5.44. The third-order valence-corrected chi connectivity index (χ3v) is 4.09. The minimum atomic E-state index is -4.41. The van der Waals surface area contributed by atoms with E-state index in [1.54, 1.807) is 25.7 Å². The molecule has 0 aliphatic heterocycles. The number of alkyl halides is 3. The average molecular weight is 287 g/mol. The van der Waals surface area contributed by atoms with E-state index in [1.165, 1.54) is 17.9 Å². The molecule has 0 bridgehead atoms. The van der Waals surface area contributed by atoms with Crippen molar-refractivity contribution in [3.63, 3.8) is 0 Å². The lowest BCUT2D eigenvalue weighted by molar-refractivity contribution is -0.137. The number of rotatable bonds is 0. The van der Waals surface area contributed by atoms with Gasteiger partial charge in [-0.25, -0.2) is 0 Å². The fraction of sp³-hybridized carbons (Fsp3) is 0.467. The highest BCUT2D eigenvalue weighted by Crippen LogP contribution is 2.49. The van der Waals surface area contributed by atoms with Crippen LogP contribution in [-0.4, -0.2) is 0 Å². The highest BCUT2D eigenvalue weighted by Gasteiger charge is 2.37. The van der Waals surface area contributed by atoms with Crippen LogP contribution in [0.2, 0.25) is 5.02 Å². The topological polar surface area (TPSA) is 0 Å². The standard InChI is InChI=1S/C9H4ClF3.C6H10/c1-2-6-3-7(9(11,12)13)5-8(10)4-6;1-2-6-4-3-5(1)6/h1,3-5H;5-6H,1-4H2. The molecule has 0 atom stereocenters. The molecule has 3 rings (SSSR count). The molecule has 0 N–H and O–H groups in total. The van der Waals surface area contributed by atoms with Crippen LogP contribution in [0.4, 0.5) is 13.2 Å². The molecule has 19 heavy (non-hydrogen) atoms.